The van der Waals surface area contributed by atoms with Gasteiger partial charge in [-0.3, -0.25) is 9.69 Å². The zero-order chi connectivity index (χ0) is 17.8. The van der Waals surface area contributed by atoms with Crippen LogP contribution in [0.3, 0.4) is 0 Å². The van der Waals surface area contributed by atoms with E-state index >= 15 is 0 Å². The van der Waals surface area contributed by atoms with Gasteiger partial charge < -0.3 is 10.2 Å². The summed E-state index contributed by atoms with van der Waals surface area (Å²) in [5.74, 6) is -0.0207. The van der Waals surface area contributed by atoms with Crippen LogP contribution in [0.5, 0.6) is 0 Å². The van der Waals surface area contributed by atoms with Gasteiger partial charge in [-0.05, 0) is 25.5 Å². The molecule has 8 nitrogen and oxygen atoms in total. The molecule has 0 atom stereocenters. The molecule has 3 amide bonds. The first-order valence-corrected chi connectivity index (χ1v) is 8.41. The van der Waals surface area contributed by atoms with Crippen molar-refractivity contribution in [2.24, 2.45) is 0 Å². The average Bonchev–Trinajstić information content (AvgIpc) is 2.98. The molecule has 0 saturated carbocycles. The van der Waals surface area contributed by atoms with Crippen molar-refractivity contribution < 1.29 is 9.59 Å². The number of carbonyl (C=O) groups is 2. The summed E-state index contributed by atoms with van der Waals surface area (Å²) >= 11 is 0. The van der Waals surface area contributed by atoms with E-state index in [0.29, 0.717) is 26.2 Å². The van der Waals surface area contributed by atoms with Gasteiger partial charge in [-0.15, -0.1) is 5.10 Å². The molecule has 0 unspecified atom stereocenters. The zero-order valence-electron chi connectivity index (χ0n) is 14.5. The number of para-hydroxylation sites is 2. The maximum atomic E-state index is 12.7. The molecule has 0 aliphatic carbocycles. The van der Waals surface area contributed by atoms with E-state index < -0.39 is 0 Å². The lowest BCUT2D eigenvalue weighted by atomic mass is 10.2. The van der Waals surface area contributed by atoms with Crippen molar-refractivity contribution in [3.63, 3.8) is 0 Å². The topological polar surface area (TPSA) is 83.4 Å². The van der Waals surface area contributed by atoms with Crippen LogP contribution < -0.4 is 15.1 Å². The molecular formula is C17H22N6O2. The fourth-order valence-electron chi connectivity index (χ4n) is 3.03. The highest BCUT2D eigenvalue weighted by Crippen LogP contribution is 2.32. The molecule has 2 heterocycles. The fourth-order valence-corrected chi connectivity index (χ4v) is 3.03. The van der Waals surface area contributed by atoms with Crippen molar-refractivity contribution in [1.82, 2.24) is 20.3 Å². The predicted octanol–water partition coefficient (Wildman–Crippen LogP) is 1.77. The molecule has 0 saturated heterocycles. The van der Waals surface area contributed by atoms with Crippen LogP contribution in [0.25, 0.3) is 0 Å². The van der Waals surface area contributed by atoms with Crippen LogP contribution in [-0.2, 0) is 17.9 Å². The molecule has 8 heteroatoms. The maximum Gasteiger partial charge on any atom is 0.322 e. The molecule has 0 spiro atoms. The second-order valence-electron chi connectivity index (χ2n) is 5.86. The van der Waals surface area contributed by atoms with E-state index in [1.54, 1.807) is 27.6 Å². The summed E-state index contributed by atoms with van der Waals surface area (Å²) in [6.07, 6.45) is 2.37. The van der Waals surface area contributed by atoms with Crippen molar-refractivity contribution in [3.8, 4) is 0 Å². The molecule has 0 bridgehead atoms. The summed E-state index contributed by atoms with van der Waals surface area (Å²) in [7, 11) is 0. The summed E-state index contributed by atoms with van der Waals surface area (Å²) in [5.41, 5.74) is 2.36. The Morgan fingerprint density at radius 1 is 1.16 bits per heavy atom. The standard InChI is InChI=1S/C17H22N6O2/c1-3-23-14(12-19-20-23)11-18-17(25)22-10-6-9-21(13(2)24)15-7-4-5-8-16(15)22/h4-5,7-8,12H,3,6,9-11H2,1-2H3,(H,18,25). The highest BCUT2D eigenvalue weighted by Gasteiger charge is 2.26. The number of fused-ring (bicyclic) bond motifs is 1. The number of nitrogens with zero attached hydrogens (tertiary/aromatic N) is 5. The molecule has 3 rings (SSSR count). The Labute approximate surface area is 146 Å². The van der Waals surface area contributed by atoms with Crippen molar-refractivity contribution in [1.29, 1.82) is 0 Å². The molecule has 1 aromatic heterocycles. The van der Waals surface area contributed by atoms with E-state index in [1.165, 1.54) is 0 Å². The smallest absolute Gasteiger partial charge is 0.322 e. The SMILES string of the molecule is CCn1nncc1CNC(=O)N1CCCN(C(C)=O)c2ccccc21. The minimum Gasteiger partial charge on any atom is -0.332 e. The number of aryl methyl sites for hydroxylation is 1. The third kappa shape index (κ3) is 3.47. The van der Waals surface area contributed by atoms with E-state index in [-0.39, 0.29) is 11.9 Å². The molecule has 1 aromatic carbocycles. The van der Waals surface area contributed by atoms with Crippen molar-refractivity contribution >= 4 is 23.3 Å². The molecular weight excluding hydrogens is 320 g/mol. The second-order valence-corrected chi connectivity index (χ2v) is 5.86. The number of hydrogen-bond donors (Lipinski definition) is 1. The molecule has 1 aliphatic rings. The van der Waals surface area contributed by atoms with Gasteiger partial charge in [0.1, 0.15) is 0 Å². The number of anilines is 2. The number of aromatic nitrogens is 3. The molecule has 0 fully saturated rings. The Morgan fingerprint density at radius 3 is 2.52 bits per heavy atom. The number of nitrogens with one attached hydrogen (secondary N) is 1. The second kappa shape index (κ2) is 7.33. The normalized spacial score (nSPS) is 14.0. The number of amides is 3. The summed E-state index contributed by atoms with van der Waals surface area (Å²) in [5, 5.41) is 10.8. The predicted molar refractivity (Wildman–Crippen MR) is 94.4 cm³/mol. The first kappa shape index (κ1) is 16.9. The van der Waals surface area contributed by atoms with Crippen molar-refractivity contribution in [2.45, 2.75) is 33.4 Å². The Balaban J connectivity index is 1.80. The molecule has 1 aliphatic heterocycles. The Bertz CT molecular complexity index is 772. The van der Waals surface area contributed by atoms with Crippen LogP contribution in [0.1, 0.15) is 26.0 Å². The molecule has 132 valence electrons. The number of carbonyl (C=O) groups excluding carboxylic acids is 2. The van der Waals surface area contributed by atoms with Gasteiger partial charge in [0.15, 0.2) is 0 Å². The van der Waals surface area contributed by atoms with Gasteiger partial charge in [0.25, 0.3) is 0 Å². The highest BCUT2D eigenvalue weighted by atomic mass is 16.2. The quantitative estimate of drug-likeness (QED) is 0.921. The lowest BCUT2D eigenvalue weighted by Crippen LogP contribution is -2.40. The summed E-state index contributed by atoms with van der Waals surface area (Å²) in [4.78, 5) is 28.1. The van der Waals surface area contributed by atoms with Crippen molar-refractivity contribution in [2.75, 3.05) is 22.9 Å². The Hall–Kier alpha value is -2.90. The minimum atomic E-state index is -0.193. The summed E-state index contributed by atoms with van der Waals surface area (Å²) < 4.78 is 1.74. The van der Waals surface area contributed by atoms with Gasteiger partial charge in [-0.25, -0.2) is 9.48 Å². The average molecular weight is 342 g/mol. The van der Waals surface area contributed by atoms with Gasteiger partial charge in [-0.2, -0.15) is 0 Å². The minimum absolute atomic E-state index is 0.0207. The number of benzene rings is 1. The third-order valence-electron chi connectivity index (χ3n) is 4.27. The molecule has 1 N–H and O–H groups in total. The molecule has 2 aromatic rings. The Kier molecular flexibility index (Phi) is 4.97. The van der Waals surface area contributed by atoms with Gasteiger partial charge >= 0.3 is 6.03 Å². The summed E-state index contributed by atoms with van der Waals surface area (Å²) in [6, 6.07) is 7.30. The molecule has 25 heavy (non-hydrogen) atoms. The first-order valence-electron chi connectivity index (χ1n) is 8.41. The van der Waals surface area contributed by atoms with Crippen LogP contribution in [0, 0.1) is 0 Å². The van der Waals surface area contributed by atoms with E-state index in [9.17, 15) is 9.59 Å². The first-order chi connectivity index (χ1) is 12.1. The van der Waals surface area contributed by atoms with Crippen LogP contribution in [0.15, 0.2) is 30.5 Å². The molecule has 0 radical (unpaired) electrons. The van der Waals surface area contributed by atoms with Crippen LogP contribution in [-0.4, -0.2) is 40.0 Å². The third-order valence-corrected chi connectivity index (χ3v) is 4.27. The van der Waals surface area contributed by atoms with E-state index in [1.807, 2.05) is 31.2 Å². The van der Waals surface area contributed by atoms with Gasteiger partial charge in [-0.1, -0.05) is 17.3 Å². The van der Waals surface area contributed by atoms with E-state index in [2.05, 4.69) is 15.6 Å². The van der Waals surface area contributed by atoms with Gasteiger partial charge in [0.2, 0.25) is 5.91 Å². The summed E-state index contributed by atoms with van der Waals surface area (Å²) in [6.45, 7) is 5.73. The van der Waals surface area contributed by atoms with E-state index in [0.717, 1.165) is 23.5 Å². The van der Waals surface area contributed by atoms with Crippen LogP contribution in [0.4, 0.5) is 16.2 Å². The highest BCUT2D eigenvalue weighted by molar-refractivity contribution is 6.01. The van der Waals surface area contributed by atoms with Crippen LogP contribution in [0.2, 0.25) is 0 Å². The van der Waals surface area contributed by atoms with Gasteiger partial charge in [0, 0.05) is 26.6 Å². The number of hydrogen-bond acceptors (Lipinski definition) is 4. The van der Waals surface area contributed by atoms with E-state index in [4.69, 9.17) is 0 Å². The maximum absolute atomic E-state index is 12.7. The fraction of sp³-hybridized carbons (Fsp3) is 0.412. The van der Waals surface area contributed by atoms with Gasteiger partial charge in [0.05, 0.1) is 29.8 Å². The number of rotatable bonds is 3. The zero-order valence-corrected chi connectivity index (χ0v) is 14.5. The lowest BCUT2D eigenvalue weighted by molar-refractivity contribution is -0.116. The largest absolute Gasteiger partial charge is 0.332 e. The Morgan fingerprint density at radius 2 is 1.84 bits per heavy atom. The number of urea groups is 1. The lowest BCUT2D eigenvalue weighted by Gasteiger charge is -2.25. The monoisotopic (exact) mass is 342 g/mol. The van der Waals surface area contributed by atoms with Crippen molar-refractivity contribution in [3.05, 3.63) is 36.2 Å². The van der Waals surface area contributed by atoms with Crippen LogP contribution >= 0.6 is 0 Å².